The van der Waals surface area contributed by atoms with E-state index in [9.17, 15) is 13.2 Å². The molecule has 1 aromatic carbocycles. The van der Waals surface area contributed by atoms with Crippen LogP contribution in [0.4, 0.5) is 5.95 Å². The van der Waals surface area contributed by atoms with Gasteiger partial charge in [0.15, 0.2) is 0 Å². The molecule has 2 aliphatic heterocycles. The summed E-state index contributed by atoms with van der Waals surface area (Å²) in [6.45, 7) is 3.72. The first-order valence-corrected chi connectivity index (χ1v) is 12.5. The second kappa shape index (κ2) is 8.25. The second-order valence-corrected chi connectivity index (χ2v) is 10.4. The van der Waals surface area contributed by atoms with Gasteiger partial charge >= 0.3 is 0 Å². The van der Waals surface area contributed by atoms with Crippen LogP contribution in [0.15, 0.2) is 41.4 Å². The minimum absolute atomic E-state index is 0.137. The normalized spacial score (nSPS) is 18.4. The fourth-order valence-electron chi connectivity index (χ4n) is 4.55. The summed E-state index contributed by atoms with van der Waals surface area (Å²) in [5.41, 5.74) is 2.32. The van der Waals surface area contributed by atoms with Gasteiger partial charge in [-0.25, -0.2) is 13.4 Å². The zero-order chi connectivity index (χ0) is 22.3. The van der Waals surface area contributed by atoms with E-state index in [0.29, 0.717) is 38.4 Å². The second-order valence-electron chi connectivity index (χ2n) is 8.49. The minimum atomic E-state index is -3.55. The van der Waals surface area contributed by atoms with Crippen molar-refractivity contribution in [3.05, 3.63) is 42.2 Å². The maximum atomic E-state index is 13.3. The lowest BCUT2D eigenvalue weighted by Crippen LogP contribution is -2.36. The number of fused-ring (bicyclic) bond motifs is 1. The van der Waals surface area contributed by atoms with Crippen molar-refractivity contribution in [2.24, 2.45) is 7.05 Å². The standard InChI is InChI=1S/C22H28N6O3S/c1-25-16-17(32(30,31)28-11-4-5-12-28)15-20(25)21(29)26-9-6-10-27(14-13-26)22-23-18-7-2-3-8-19(18)24-22/h2-3,7-8,15-16H,4-6,9-14H2,1H3,(H,23,24). The lowest BCUT2D eigenvalue weighted by molar-refractivity contribution is 0.0757. The van der Waals surface area contributed by atoms with Crippen molar-refractivity contribution >= 4 is 32.9 Å². The molecule has 2 aromatic heterocycles. The number of amides is 1. The summed E-state index contributed by atoms with van der Waals surface area (Å²) in [5.74, 6) is 0.681. The predicted octanol–water partition coefficient (Wildman–Crippen LogP) is 2.04. The van der Waals surface area contributed by atoms with Crippen molar-refractivity contribution in [3.8, 4) is 0 Å². The van der Waals surface area contributed by atoms with E-state index < -0.39 is 10.0 Å². The Morgan fingerprint density at radius 1 is 1.00 bits per heavy atom. The summed E-state index contributed by atoms with van der Waals surface area (Å²) in [6.07, 6.45) is 4.13. The summed E-state index contributed by atoms with van der Waals surface area (Å²) in [5, 5.41) is 0. The smallest absolute Gasteiger partial charge is 0.270 e. The molecule has 10 heteroatoms. The number of anilines is 1. The molecule has 1 N–H and O–H groups in total. The number of benzene rings is 1. The van der Waals surface area contributed by atoms with Gasteiger partial charge in [-0.1, -0.05) is 12.1 Å². The summed E-state index contributed by atoms with van der Waals surface area (Å²) in [4.78, 5) is 25.5. The van der Waals surface area contributed by atoms with Crippen molar-refractivity contribution < 1.29 is 13.2 Å². The van der Waals surface area contributed by atoms with Gasteiger partial charge in [-0.2, -0.15) is 4.31 Å². The van der Waals surface area contributed by atoms with E-state index in [1.807, 2.05) is 29.2 Å². The molecule has 1 amide bonds. The highest BCUT2D eigenvalue weighted by molar-refractivity contribution is 7.89. The lowest BCUT2D eigenvalue weighted by Gasteiger charge is -2.22. The number of aryl methyl sites for hydroxylation is 1. The van der Waals surface area contributed by atoms with E-state index in [2.05, 4.69) is 14.9 Å². The van der Waals surface area contributed by atoms with Gasteiger partial charge in [-0.15, -0.1) is 0 Å². The number of imidazole rings is 1. The molecule has 32 heavy (non-hydrogen) atoms. The van der Waals surface area contributed by atoms with Gasteiger partial charge in [0.1, 0.15) is 10.6 Å². The zero-order valence-corrected chi connectivity index (χ0v) is 19.0. The van der Waals surface area contributed by atoms with Gasteiger partial charge in [0, 0.05) is 52.5 Å². The molecule has 170 valence electrons. The number of rotatable bonds is 4. The van der Waals surface area contributed by atoms with Crippen LogP contribution in [0.1, 0.15) is 29.8 Å². The number of carbonyl (C=O) groups excluding carboxylic acids is 1. The van der Waals surface area contributed by atoms with Crippen LogP contribution < -0.4 is 4.90 Å². The molecule has 0 aliphatic carbocycles. The Morgan fingerprint density at radius 2 is 1.78 bits per heavy atom. The number of nitrogens with one attached hydrogen (secondary N) is 1. The van der Waals surface area contributed by atoms with Crippen LogP contribution >= 0.6 is 0 Å². The van der Waals surface area contributed by atoms with Crippen LogP contribution in [0.2, 0.25) is 0 Å². The third-order valence-electron chi connectivity index (χ3n) is 6.36. The maximum Gasteiger partial charge on any atom is 0.270 e. The first-order chi connectivity index (χ1) is 15.4. The van der Waals surface area contributed by atoms with Gasteiger partial charge in [-0.05, 0) is 37.5 Å². The topological polar surface area (TPSA) is 94.5 Å². The first kappa shape index (κ1) is 21.0. The van der Waals surface area contributed by atoms with Gasteiger partial charge in [0.2, 0.25) is 16.0 Å². The predicted molar refractivity (Wildman–Crippen MR) is 122 cm³/mol. The van der Waals surface area contributed by atoms with E-state index in [1.165, 1.54) is 10.4 Å². The van der Waals surface area contributed by atoms with Gasteiger partial charge < -0.3 is 19.4 Å². The first-order valence-electron chi connectivity index (χ1n) is 11.1. The number of sulfonamides is 1. The molecule has 0 bridgehead atoms. The molecular formula is C22H28N6O3S. The number of aromatic amines is 1. The number of nitrogens with zero attached hydrogens (tertiary/aromatic N) is 5. The van der Waals surface area contributed by atoms with Crippen molar-refractivity contribution in [3.63, 3.8) is 0 Å². The summed E-state index contributed by atoms with van der Waals surface area (Å²) >= 11 is 0. The number of hydrogen-bond acceptors (Lipinski definition) is 5. The Labute approximate surface area is 187 Å². The fourth-order valence-corrected chi connectivity index (χ4v) is 6.14. The fraction of sp³-hybridized carbons (Fsp3) is 0.455. The molecule has 3 aromatic rings. The zero-order valence-electron chi connectivity index (χ0n) is 18.2. The Balaban J connectivity index is 1.31. The highest BCUT2D eigenvalue weighted by atomic mass is 32.2. The summed E-state index contributed by atoms with van der Waals surface area (Å²) in [7, 11) is -1.82. The molecule has 0 unspecified atom stereocenters. The molecule has 4 heterocycles. The van der Waals surface area contributed by atoms with Gasteiger partial charge in [0.05, 0.1) is 11.0 Å². The Morgan fingerprint density at radius 3 is 2.56 bits per heavy atom. The highest BCUT2D eigenvalue weighted by Gasteiger charge is 2.31. The number of H-pyrrole nitrogens is 1. The monoisotopic (exact) mass is 456 g/mol. The number of hydrogen-bond donors (Lipinski definition) is 1. The van der Waals surface area contributed by atoms with E-state index in [0.717, 1.165) is 42.8 Å². The third-order valence-corrected chi connectivity index (χ3v) is 8.23. The van der Waals surface area contributed by atoms with Crippen molar-refractivity contribution in [1.29, 1.82) is 0 Å². The Hall–Kier alpha value is -2.85. The molecule has 2 aliphatic rings. The molecule has 2 saturated heterocycles. The molecule has 0 atom stereocenters. The van der Waals surface area contributed by atoms with Crippen molar-refractivity contribution in [2.45, 2.75) is 24.2 Å². The van der Waals surface area contributed by atoms with Gasteiger partial charge in [-0.3, -0.25) is 4.79 Å². The Kier molecular flexibility index (Phi) is 5.42. The molecule has 2 fully saturated rings. The number of carbonyl (C=O) groups is 1. The van der Waals surface area contributed by atoms with Crippen LogP contribution in [0, 0.1) is 0 Å². The van der Waals surface area contributed by atoms with E-state index in [4.69, 9.17) is 0 Å². The quantitative estimate of drug-likeness (QED) is 0.648. The van der Waals surface area contributed by atoms with Crippen LogP contribution in [-0.4, -0.2) is 77.3 Å². The lowest BCUT2D eigenvalue weighted by atomic mass is 10.3. The SMILES string of the molecule is Cn1cc(S(=O)(=O)N2CCCC2)cc1C(=O)N1CCCN(c2nc3ccccc3[nH]2)CC1. The average molecular weight is 457 g/mol. The van der Waals surface area contributed by atoms with Crippen LogP contribution in [-0.2, 0) is 17.1 Å². The Bertz CT molecular complexity index is 1210. The number of aromatic nitrogens is 3. The third kappa shape index (κ3) is 3.77. The molecular weight excluding hydrogens is 428 g/mol. The van der Waals surface area contributed by atoms with Crippen LogP contribution in [0.5, 0.6) is 0 Å². The van der Waals surface area contributed by atoms with Crippen LogP contribution in [0.25, 0.3) is 11.0 Å². The molecule has 5 rings (SSSR count). The van der Waals surface area contributed by atoms with Crippen molar-refractivity contribution in [1.82, 2.24) is 23.7 Å². The van der Waals surface area contributed by atoms with E-state index in [-0.39, 0.29) is 10.8 Å². The molecule has 0 spiro atoms. The maximum absolute atomic E-state index is 13.3. The van der Waals surface area contributed by atoms with Crippen LogP contribution in [0.3, 0.4) is 0 Å². The van der Waals surface area contributed by atoms with E-state index >= 15 is 0 Å². The molecule has 9 nitrogen and oxygen atoms in total. The summed E-state index contributed by atoms with van der Waals surface area (Å²) < 4.78 is 28.9. The van der Waals surface area contributed by atoms with Gasteiger partial charge in [0.25, 0.3) is 5.91 Å². The average Bonchev–Trinajstić information content (AvgIpc) is 3.50. The van der Waals surface area contributed by atoms with E-state index in [1.54, 1.807) is 17.8 Å². The molecule has 0 saturated carbocycles. The minimum Gasteiger partial charge on any atom is -0.345 e. The summed E-state index contributed by atoms with van der Waals surface area (Å²) in [6, 6.07) is 9.45. The largest absolute Gasteiger partial charge is 0.345 e. The number of para-hydroxylation sites is 2. The highest BCUT2D eigenvalue weighted by Crippen LogP contribution is 2.24. The molecule has 0 radical (unpaired) electrons. The van der Waals surface area contributed by atoms with Crippen molar-refractivity contribution in [2.75, 3.05) is 44.2 Å².